The number of carbonyl (C=O) groups is 1. The molecule has 0 fully saturated rings. The van der Waals surface area contributed by atoms with Gasteiger partial charge in [0.05, 0.1) is 11.1 Å². The molecule has 1 aromatic heterocycles. The molecule has 0 aliphatic rings. The molecule has 1 heterocycles. The van der Waals surface area contributed by atoms with Gasteiger partial charge in [-0.05, 0) is 24.3 Å². The van der Waals surface area contributed by atoms with Crippen LogP contribution in [0.25, 0.3) is 10.9 Å². The smallest absolute Gasteiger partial charge is 0.336 e. The van der Waals surface area contributed by atoms with Crippen LogP contribution in [0.5, 0.6) is 0 Å². The zero-order valence-electron chi connectivity index (χ0n) is 9.14. The Balaban J connectivity index is 2.69. The lowest BCUT2D eigenvalue weighted by atomic mass is 10.1. The highest BCUT2D eigenvalue weighted by atomic mass is 16.4. The van der Waals surface area contributed by atoms with Gasteiger partial charge >= 0.3 is 5.97 Å². The number of aromatic nitrogens is 1. The second-order valence-corrected chi connectivity index (χ2v) is 3.76. The van der Waals surface area contributed by atoms with Crippen molar-refractivity contribution in [1.82, 2.24) is 4.98 Å². The maximum absolute atomic E-state index is 11.0. The standard InChI is InChI=1S/C12H12N2O2/c1-14(2)8-3-4-9-10(12(15)16)5-6-13-11(9)7-8/h3-7H,1-2H3,(H,15,16). The van der Waals surface area contributed by atoms with Crippen molar-refractivity contribution in [2.45, 2.75) is 0 Å². The molecule has 1 aromatic carbocycles. The second-order valence-electron chi connectivity index (χ2n) is 3.76. The summed E-state index contributed by atoms with van der Waals surface area (Å²) in [6.45, 7) is 0. The van der Waals surface area contributed by atoms with Crippen LogP contribution in [0.1, 0.15) is 10.4 Å². The predicted molar refractivity (Wildman–Crippen MR) is 63.0 cm³/mol. The van der Waals surface area contributed by atoms with Crippen LogP contribution in [0.4, 0.5) is 5.69 Å². The average molecular weight is 216 g/mol. The Morgan fingerprint density at radius 1 is 1.31 bits per heavy atom. The molecule has 2 rings (SSSR count). The molecule has 0 atom stereocenters. The van der Waals surface area contributed by atoms with Crippen molar-refractivity contribution in [1.29, 1.82) is 0 Å². The number of anilines is 1. The van der Waals surface area contributed by atoms with Crippen molar-refractivity contribution in [2.24, 2.45) is 0 Å². The molecule has 2 aromatic rings. The van der Waals surface area contributed by atoms with Crippen LogP contribution < -0.4 is 4.90 Å². The van der Waals surface area contributed by atoms with Crippen LogP contribution in [-0.4, -0.2) is 30.2 Å². The minimum Gasteiger partial charge on any atom is -0.478 e. The first-order valence-electron chi connectivity index (χ1n) is 4.89. The van der Waals surface area contributed by atoms with Crippen LogP contribution in [0.3, 0.4) is 0 Å². The largest absolute Gasteiger partial charge is 0.478 e. The van der Waals surface area contributed by atoms with E-state index >= 15 is 0 Å². The normalized spacial score (nSPS) is 10.4. The topological polar surface area (TPSA) is 53.4 Å². The Bertz CT molecular complexity index is 550. The summed E-state index contributed by atoms with van der Waals surface area (Å²) in [6, 6.07) is 7.07. The maximum atomic E-state index is 11.0. The summed E-state index contributed by atoms with van der Waals surface area (Å²) >= 11 is 0. The molecule has 0 aliphatic heterocycles. The summed E-state index contributed by atoms with van der Waals surface area (Å²) in [6.07, 6.45) is 1.52. The number of hydrogen-bond acceptors (Lipinski definition) is 3. The first kappa shape index (κ1) is 10.4. The molecule has 82 valence electrons. The summed E-state index contributed by atoms with van der Waals surface area (Å²) in [5.74, 6) is -0.926. The number of hydrogen-bond donors (Lipinski definition) is 1. The van der Waals surface area contributed by atoms with E-state index in [0.29, 0.717) is 10.9 Å². The highest BCUT2D eigenvalue weighted by molar-refractivity contribution is 6.02. The van der Waals surface area contributed by atoms with Gasteiger partial charge in [-0.15, -0.1) is 0 Å². The molecule has 0 bridgehead atoms. The van der Waals surface area contributed by atoms with Crippen molar-refractivity contribution in [3.63, 3.8) is 0 Å². The first-order chi connectivity index (χ1) is 7.59. The number of benzene rings is 1. The molecular formula is C12H12N2O2. The maximum Gasteiger partial charge on any atom is 0.336 e. The molecule has 0 spiro atoms. The van der Waals surface area contributed by atoms with Crippen molar-refractivity contribution in [3.8, 4) is 0 Å². The number of pyridine rings is 1. The van der Waals surface area contributed by atoms with Gasteiger partial charge in [0, 0.05) is 31.4 Å². The Morgan fingerprint density at radius 2 is 2.06 bits per heavy atom. The molecule has 4 heteroatoms. The number of carboxylic acid groups (broad SMARTS) is 1. The Kier molecular flexibility index (Phi) is 2.48. The lowest BCUT2D eigenvalue weighted by molar-refractivity contribution is 0.0699. The van der Waals surface area contributed by atoms with Crippen molar-refractivity contribution >= 4 is 22.6 Å². The van der Waals surface area contributed by atoms with E-state index in [4.69, 9.17) is 5.11 Å². The molecular weight excluding hydrogens is 204 g/mol. The van der Waals surface area contributed by atoms with E-state index in [1.807, 2.05) is 31.1 Å². The minimum absolute atomic E-state index is 0.287. The van der Waals surface area contributed by atoms with E-state index in [2.05, 4.69) is 4.98 Å². The number of nitrogens with zero attached hydrogens (tertiary/aromatic N) is 2. The highest BCUT2D eigenvalue weighted by Gasteiger charge is 2.09. The van der Waals surface area contributed by atoms with E-state index in [9.17, 15) is 4.79 Å². The third-order valence-corrected chi connectivity index (χ3v) is 2.47. The van der Waals surface area contributed by atoms with Crippen molar-refractivity contribution < 1.29 is 9.90 Å². The van der Waals surface area contributed by atoms with E-state index < -0.39 is 5.97 Å². The Hall–Kier alpha value is -2.10. The van der Waals surface area contributed by atoms with E-state index in [1.165, 1.54) is 12.3 Å². The molecule has 16 heavy (non-hydrogen) atoms. The summed E-state index contributed by atoms with van der Waals surface area (Å²) in [5.41, 5.74) is 1.99. The monoisotopic (exact) mass is 216 g/mol. The number of aromatic carboxylic acids is 1. The number of fused-ring (bicyclic) bond motifs is 1. The van der Waals surface area contributed by atoms with E-state index in [0.717, 1.165) is 5.69 Å². The molecule has 0 amide bonds. The van der Waals surface area contributed by atoms with Crippen molar-refractivity contribution in [2.75, 3.05) is 19.0 Å². The van der Waals surface area contributed by atoms with Gasteiger partial charge in [-0.1, -0.05) is 0 Å². The van der Waals surface area contributed by atoms with Gasteiger partial charge < -0.3 is 10.0 Å². The van der Waals surface area contributed by atoms with Gasteiger partial charge in [0.1, 0.15) is 0 Å². The zero-order chi connectivity index (χ0) is 11.7. The number of rotatable bonds is 2. The van der Waals surface area contributed by atoms with Crippen LogP contribution in [-0.2, 0) is 0 Å². The van der Waals surface area contributed by atoms with Gasteiger partial charge in [0.25, 0.3) is 0 Å². The van der Waals surface area contributed by atoms with Crippen LogP contribution >= 0.6 is 0 Å². The van der Waals surface area contributed by atoms with Gasteiger partial charge in [-0.2, -0.15) is 0 Å². The van der Waals surface area contributed by atoms with Crippen LogP contribution in [0, 0.1) is 0 Å². The Labute approximate surface area is 93.1 Å². The van der Waals surface area contributed by atoms with Gasteiger partial charge in [-0.25, -0.2) is 4.79 Å². The molecule has 1 N–H and O–H groups in total. The first-order valence-corrected chi connectivity index (χ1v) is 4.89. The summed E-state index contributed by atoms with van der Waals surface area (Å²) in [5, 5.41) is 9.69. The molecule has 0 radical (unpaired) electrons. The van der Waals surface area contributed by atoms with Crippen LogP contribution in [0.2, 0.25) is 0 Å². The number of carboxylic acids is 1. The fourth-order valence-corrected chi connectivity index (χ4v) is 1.60. The molecule has 0 unspecified atom stereocenters. The van der Waals surface area contributed by atoms with Gasteiger partial charge in [0.15, 0.2) is 0 Å². The fourth-order valence-electron chi connectivity index (χ4n) is 1.60. The molecule has 4 nitrogen and oxygen atoms in total. The van der Waals surface area contributed by atoms with Gasteiger partial charge in [0.2, 0.25) is 0 Å². The van der Waals surface area contributed by atoms with Gasteiger partial charge in [-0.3, -0.25) is 4.98 Å². The average Bonchev–Trinajstić information content (AvgIpc) is 2.27. The summed E-state index contributed by atoms with van der Waals surface area (Å²) in [7, 11) is 3.87. The molecule has 0 saturated carbocycles. The SMILES string of the molecule is CN(C)c1ccc2c(C(=O)O)ccnc2c1. The summed E-state index contributed by atoms with van der Waals surface area (Å²) in [4.78, 5) is 17.1. The lowest BCUT2D eigenvalue weighted by Gasteiger charge is -2.13. The minimum atomic E-state index is -0.926. The molecule has 0 aliphatic carbocycles. The van der Waals surface area contributed by atoms with E-state index in [1.54, 1.807) is 6.07 Å². The third-order valence-electron chi connectivity index (χ3n) is 2.47. The van der Waals surface area contributed by atoms with Crippen molar-refractivity contribution in [3.05, 3.63) is 36.0 Å². The second kappa shape index (κ2) is 3.81. The fraction of sp³-hybridized carbons (Fsp3) is 0.167. The van der Waals surface area contributed by atoms with Crippen LogP contribution in [0.15, 0.2) is 30.5 Å². The third kappa shape index (κ3) is 1.69. The van der Waals surface area contributed by atoms with E-state index in [-0.39, 0.29) is 5.56 Å². The highest BCUT2D eigenvalue weighted by Crippen LogP contribution is 2.21. The lowest BCUT2D eigenvalue weighted by Crippen LogP contribution is -2.08. The molecule has 0 saturated heterocycles. The summed E-state index contributed by atoms with van der Waals surface area (Å²) < 4.78 is 0. The quantitative estimate of drug-likeness (QED) is 0.834. The Morgan fingerprint density at radius 3 is 2.69 bits per heavy atom. The zero-order valence-corrected chi connectivity index (χ0v) is 9.14. The predicted octanol–water partition coefficient (Wildman–Crippen LogP) is 2.00.